The molecule has 4 aromatic rings. The summed E-state index contributed by atoms with van der Waals surface area (Å²) in [4.78, 5) is 15.8. The normalized spacial score (nSPS) is 12.3. The molecule has 0 heterocycles. The Bertz CT molecular complexity index is 1630. The van der Waals surface area contributed by atoms with E-state index in [1.807, 2.05) is 36.4 Å². The van der Waals surface area contributed by atoms with Gasteiger partial charge in [-0.25, -0.2) is 0 Å². The molecule has 0 amide bonds. The molecule has 0 saturated heterocycles. The molecule has 0 aromatic heterocycles. The number of rotatable bonds is 13. The van der Waals surface area contributed by atoms with Crippen molar-refractivity contribution in [2.75, 3.05) is 7.11 Å². The van der Waals surface area contributed by atoms with Crippen LogP contribution in [-0.2, 0) is 24.6 Å². The van der Waals surface area contributed by atoms with Crippen LogP contribution in [0.25, 0.3) is 11.1 Å². The molecule has 2 atom stereocenters. The fourth-order valence-electron chi connectivity index (χ4n) is 4.62. The highest BCUT2D eigenvalue weighted by Gasteiger charge is 2.21. The van der Waals surface area contributed by atoms with Crippen molar-refractivity contribution >= 4 is 12.2 Å². The zero-order chi connectivity index (χ0) is 30.8. The summed E-state index contributed by atoms with van der Waals surface area (Å²) in [6.07, 6.45) is 0.116. The largest absolute Gasteiger partial charge is 0.496 e. The molecule has 4 aromatic carbocycles. The maximum absolute atomic E-state index is 11.5. The average Bonchev–Trinajstić information content (AvgIpc) is 3.02. The second kappa shape index (κ2) is 14.7. The van der Waals surface area contributed by atoms with E-state index < -0.39 is 18.0 Å². The number of carboxylic acids is 1. The number of ether oxygens (including phenoxy) is 3. The predicted octanol–water partition coefficient (Wildman–Crippen LogP) is 6.35. The summed E-state index contributed by atoms with van der Waals surface area (Å²) < 4.78 is 18.1. The molecule has 0 saturated carbocycles. The third kappa shape index (κ3) is 8.00. The lowest BCUT2D eigenvalue weighted by molar-refractivity contribution is -0.141. The van der Waals surface area contributed by atoms with Gasteiger partial charge in [-0.1, -0.05) is 60.7 Å². The maximum Gasteiger partial charge on any atom is 0.314 e. The van der Waals surface area contributed by atoms with Gasteiger partial charge in [-0.3, -0.25) is 9.79 Å². The minimum atomic E-state index is -1.17. The second-order valence-corrected chi connectivity index (χ2v) is 10.0. The van der Waals surface area contributed by atoms with E-state index in [4.69, 9.17) is 14.2 Å². The Morgan fingerprint density at radius 2 is 1.72 bits per heavy atom. The van der Waals surface area contributed by atoms with Crippen LogP contribution in [0.4, 0.5) is 0 Å². The van der Waals surface area contributed by atoms with E-state index >= 15 is 0 Å². The molecule has 1 unspecified atom stereocenters. The number of benzene rings is 4. The molecule has 0 aliphatic rings. The Hall–Kier alpha value is -5.13. The van der Waals surface area contributed by atoms with Gasteiger partial charge in [0.1, 0.15) is 36.4 Å². The van der Waals surface area contributed by atoms with Gasteiger partial charge >= 0.3 is 5.97 Å². The lowest BCUT2D eigenvalue weighted by Gasteiger charge is -2.18. The third-order valence-electron chi connectivity index (χ3n) is 7.06. The van der Waals surface area contributed by atoms with Gasteiger partial charge in [0.2, 0.25) is 0 Å². The number of nitrogens with zero attached hydrogens (tertiary/aromatic N) is 2. The summed E-state index contributed by atoms with van der Waals surface area (Å²) in [7, 11) is 1.52. The lowest BCUT2D eigenvalue weighted by atomic mass is 9.97. The first-order chi connectivity index (χ1) is 20.8. The van der Waals surface area contributed by atoms with Crippen LogP contribution in [0.5, 0.6) is 17.2 Å². The molecular weight excluding hydrogens is 544 g/mol. The summed E-state index contributed by atoms with van der Waals surface area (Å²) in [5.41, 5.74) is 6.31. The van der Waals surface area contributed by atoms with Crippen molar-refractivity contribution in [3.63, 3.8) is 0 Å². The minimum Gasteiger partial charge on any atom is -0.496 e. The summed E-state index contributed by atoms with van der Waals surface area (Å²) >= 11 is 0. The van der Waals surface area contributed by atoms with Crippen molar-refractivity contribution in [2.45, 2.75) is 39.7 Å². The summed E-state index contributed by atoms with van der Waals surface area (Å²) in [6.45, 7) is 4.00. The van der Waals surface area contributed by atoms with E-state index in [1.54, 1.807) is 30.3 Å². The van der Waals surface area contributed by atoms with E-state index in [9.17, 15) is 20.3 Å². The lowest BCUT2D eigenvalue weighted by Crippen LogP contribution is -2.26. The zero-order valence-electron chi connectivity index (χ0n) is 24.4. The van der Waals surface area contributed by atoms with Gasteiger partial charge in [-0.2, -0.15) is 5.26 Å². The molecule has 4 rings (SSSR count). The number of carbonyl (C=O) groups is 1. The zero-order valence-corrected chi connectivity index (χ0v) is 24.4. The smallest absolute Gasteiger partial charge is 0.314 e. The van der Waals surface area contributed by atoms with Crippen molar-refractivity contribution in [2.24, 2.45) is 10.9 Å². The second-order valence-electron chi connectivity index (χ2n) is 10.0. The maximum atomic E-state index is 11.5. The number of hydrogen-bond acceptors (Lipinski definition) is 7. The standard InChI is InChI=1S/C35H34N2O6/c1-23-28(13-8-14-30(23)27-11-5-4-6-12-27)22-42-29-16-33(41-3)32(20-37-19-31(24(2)38)35(39)40)34(17-29)43-21-26-10-7-9-25(15-26)18-36/h4-17,19,24,31,38H,20-22H2,1-3H3,(H,39,40)/t24-,31?/m0/s1. The van der Waals surface area contributed by atoms with Gasteiger partial charge in [0.05, 0.1) is 37.0 Å². The number of methoxy groups -OCH3 is 1. The first-order valence-electron chi connectivity index (χ1n) is 13.8. The molecule has 0 aliphatic carbocycles. The Balaban J connectivity index is 1.63. The van der Waals surface area contributed by atoms with Gasteiger partial charge in [0.15, 0.2) is 0 Å². The van der Waals surface area contributed by atoms with Crippen LogP contribution in [0.2, 0.25) is 0 Å². The number of carboxylic acid groups (broad SMARTS) is 1. The van der Waals surface area contributed by atoms with Gasteiger partial charge in [0.25, 0.3) is 0 Å². The van der Waals surface area contributed by atoms with Crippen molar-refractivity contribution in [3.05, 3.63) is 113 Å². The van der Waals surface area contributed by atoms with Crippen molar-refractivity contribution in [3.8, 4) is 34.4 Å². The SMILES string of the molecule is COc1cc(OCc2cccc(-c3ccccc3)c2C)cc(OCc2cccc(C#N)c2)c1CN=CC(C(=O)O)[C@H](C)O. The molecular formula is C35H34N2O6. The minimum absolute atomic E-state index is 0.0474. The molecule has 8 nitrogen and oxygen atoms in total. The van der Waals surface area contributed by atoms with Gasteiger partial charge in [0, 0.05) is 18.3 Å². The van der Waals surface area contributed by atoms with Gasteiger partial charge in [-0.05, 0) is 53.8 Å². The Labute approximate surface area is 251 Å². The van der Waals surface area contributed by atoms with Crippen molar-refractivity contribution in [1.29, 1.82) is 5.26 Å². The van der Waals surface area contributed by atoms with Gasteiger partial charge in [-0.15, -0.1) is 0 Å². The number of aliphatic hydroxyl groups excluding tert-OH is 1. The highest BCUT2D eigenvalue weighted by Crippen LogP contribution is 2.36. The molecule has 220 valence electrons. The first-order valence-corrected chi connectivity index (χ1v) is 13.8. The van der Waals surface area contributed by atoms with Crippen LogP contribution < -0.4 is 14.2 Å². The average molecular weight is 579 g/mol. The quantitative estimate of drug-likeness (QED) is 0.177. The molecule has 8 heteroatoms. The number of aliphatic hydroxyl groups is 1. The number of aliphatic carboxylic acids is 1. The van der Waals surface area contributed by atoms with Crippen LogP contribution in [-0.4, -0.2) is 35.6 Å². The molecule has 0 radical (unpaired) electrons. The molecule has 0 aliphatic heterocycles. The van der Waals surface area contributed by atoms with Crippen LogP contribution in [0, 0.1) is 24.2 Å². The summed E-state index contributed by atoms with van der Waals surface area (Å²) in [5, 5.41) is 28.5. The molecule has 2 N–H and O–H groups in total. The predicted molar refractivity (Wildman–Crippen MR) is 164 cm³/mol. The highest BCUT2D eigenvalue weighted by molar-refractivity contribution is 5.89. The van der Waals surface area contributed by atoms with Gasteiger partial charge < -0.3 is 24.4 Å². The Morgan fingerprint density at radius 3 is 2.42 bits per heavy atom. The summed E-state index contributed by atoms with van der Waals surface area (Å²) in [5.74, 6) is -0.916. The number of hydrogen-bond donors (Lipinski definition) is 2. The first kappa shape index (κ1) is 30.8. The highest BCUT2D eigenvalue weighted by atomic mass is 16.5. The number of aliphatic imine (C=N–C) groups is 1. The molecule has 43 heavy (non-hydrogen) atoms. The monoisotopic (exact) mass is 578 g/mol. The van der Waals surface area contributed by atoms with Crippen LogP contribution in [0.3, 0.4) is 0 Å². The van der Waals surface area contributed by atoms with Crippen LogP contribution in [0.15, 0.2) is 89.9 Å². The summed E-state index contributed by atoms with van der Waals surface area (Å²) in [6, 6.07) is 29.0. The fraction of sp³-hybridized carbons (Fsp3) is 0.229. The van der Waals surface area contributed by atoms with Crippen LogP contribution in [0.1, 0.15) is 34.7 Å². The van der Waals surface area contributed by atoms with E-state index in [0.717, 1.165) is 27.8 Å². The van der Waals surface area contributed by atoms with E-state index in [0.29, 0.717) is 35.0 Å². The van der Waals surface area contributed by atoms with Crippen LogP contribution >= 0.6 is 0 Å². The Kier molecular flexibility index (Phi) is 10.5. The van der Waals surface area contributed by atoms with E-state index in [2.05, 4.69) is 36.2 Å². The topological polar surface area (TPSA) is 121 Å². The molecule has 0 spiro atoms. The van der Waals surface area contributed by atoms with E-state index in [-0.39, 0.29) is 13.2 Å². The molecule has 0 bridgehead atoms. The third-order valence-corrected chi connectivity index (χ3v) is 7.06. The molecule has 0 fully saturated rings. The van der Waals surface area contributed by atoms with Crippen molar-refractivity contribution < 1.29 is 29.2 Å². The van der Waals surface area contributed by atoms with Crippen molar-refractivity contribution in [1.82, 2.24) is 0 Å². The number of nitriles is 1. The Morgan fingerprint density at radius 1 is 0.977 bits per heavy atom. The fourth-order valence-corrected chi connectivity index (χ4v) is 4.62. The van der Waals surface area contributed by atoms with E-state index in [1.165, 1.54) is 20.2 Å².